The quantitative estimate of drug-likeness (QED) is 0.253. The number of fused-ring (bicyclic) bond motifs is 1. The predicted octanol–water partition coefficient (Wildman–Crippen LogP) is 5.20. The van der Waals surface area contributed by atoms with Crippen LogP contribution in [0.5, 0.6) is 0 Å². The number of para-hydroxylation sites is 1. The van der Waals surface area contributed by atoms with Crippen molar-refractivity contribution in [1.29, 1.82) is 0 Å². The molecule has 0 radical (unpaired) electrons. The lowest BCUT2D eigenvalue weighted by Crippen LogP contribution is -2.31. The number of carbonyl (C=O) groups excluding carboxylic acids is 2. The van der Waals surface area contributed by atoms with Crippen molar-refractivity contribution in [2.75, 3.05) is 6.54 Å². The Morgan fingerprint density at radius 2 is 1.88 bits per heavy atom. The molecule has 0 spiro atoms. The summed E-state index contributed by atoms with van der Waals surface area (Å²) in [5, 5.41) is 15.7. The molecule has 3 heterocycles. The minimum atomic E-state index is -0.641. The van der Waals surface area contributed by atoms with Crippen molar-refractivity contribution in [2.24, 2.45) is 0 Å². The summed E-state index contributed by atoms with van der Waals surface area (Å²) in [5.74, 6) is -1.34. The highest BCUT2D eigenvalue weighted by molar-refractivity contribution is 7.08. The van der Waals surface area contributed by atoms with E-state index in [0.29, 0.717) is 18.5 Å². The molecule has 2 aromatic heterocycles. The third kappa shape index (κ3) is 3.42. The minimum Gasteiger partial charge on any atom is -0.507 e. The number of Topliss-reactive ketones (excluding diaryl/α,β-unsaturated/α-hetero) is 1. The number of aryl methyl sites for hydroxylation is 1. The highest BCUT2D eigenvalue weighted by Crippen LogP contribution is 2.40. The number of likely N-dealkylation sites (tertiary alicyclic amines) is 1. The lowest BCUT2D eigenvalue weighted by molar-refractivity contribution is -0.139. The fourth-order valence-electron chi connectivity index (χ4n) is 4.34. The van der Waals surface area contributed by atoms with Gasteiger partial charge in [0, 0.05) is 34.6 Å². The molecule has 1 aliphatic rings. The van der Waals surface area contributed by atoms with Gasteiger partial charge in [0.1, 0.15) is 5.76 Å². The zero-order valence-corrected chi connectivity index (χ0v) is 18.4. The van der Waals surface area contributed by atoms with Crippen LogP contribution in [0.1, 0.15) is 28.3 Å². The maximum Gasteiger partial charge on any atom is 0.295 e. The molecule has 1 fully saturated rings. The van der Waals surface area contributed by atoms with Crippen LogP contribution in [0.3, 0.4) is 0 Å². The highest BCUT2D eigenvalue weighted by atomic mass is 32.1. The van der Waals surface area contributed by atoms with Gasteiger partial charge in [0.25, 0.3) is 11.7 Å². The van der Waals surface area contributed by atoms with Gasteiger partial charge in [-0.25, -0.2) is 0 Å². The lowest BCUT2D eigenvalue weighted by atomic mass is 9.95. The topological polar surface area (TPSA) is 73.4 Å². The highest BCUT2D eigenvalue weighted by Gasteiger charge is 2.45. The number of thiophene rings is 1. The minimum absolute atomic E-state index is 0.121. The molecule has 1 aliphatic heterocycles. The second-order valence-corrected chi connectivity index (χ2v) is 8.80. The first kappa shape index (κ1) is 20.3. The normalized spacial score (nSPS) is 18.0. The van der Waals surface area contributed by atoms with E-state index in [9.17, 15) is 14.7 Å². The summed E-state index contributed by atoms with van der Waals surface area (Å²) in [6, 6.07) is 16.9. The second-order valence-electron chi connectivity index (χ2n) is 8.02. The molecule has 1 atom stereocenters. The molecule has 32 heavy (non-hydrogen) atoms. The van der Waals surface area contributed by atoms with Gasteiger partial charge in [-0.3, -0.25) is 9.59 Å². The van der Waals surface area contributed by atoms with Gasteiger partial charge in [-0.2, -0.15) is 11.3 Å². The van der Waals surface area contributed by atoms with Crippen molar-refractivity contribution < 1.29 is 14.7 Å². The van der Waals surface area contributed by atoms with Crippen LogP contribution in [0.4, 0.5) is 0 Å². The number of benzene rings is 2. The first-order valence-corrected chi connectivity index (χ1v) is 11.4. The van der Waals surface area contributed by atoms with Crippen LogP contribution in [0.2, 0.25) is 0 Å². The Morgan fingerprint density at radius 3 is 2.62 bits per heavy atom. The van der Waals surface area contributed by atoms with E-state index < -0.39 is 17.7 Å². The Morgan fingerprint density at radius 1 is 1.09 bits per heavy atom. The number of hydrogen-bond donors (Lipinski definition) is 2. The van der Waals surface area contributed by atoms with Crippen molar-refractivity contribution in [3.8, 4) is 0 Å². The van der Waals surface area contributed by atoms with Crippen molar-refractivity contribution in [3.05, 3.63) is 99.4 Å². The van der Waals surface area contributed by atoms with E-state index in [1.807, 2.05) is 67.0 Å². The number of ketones is 1. The van der Waals surface area contributed by atoms with E-state index in [0.717, 1.165) is 27.6 Å². The molecule has 2 aromatic carbocycles. The fourth-order valence-corrected chi connectivity index (χ4v) is 4.98. The summed E-state index contributed by atoms with van der Waals surface area (Å²) in [4.78, 5) is 31.0. The number of rotatable bonds is 5. The summed E-state index contributed by atoms with van der Waals surface area (Å²) in [7, 11) is 0. The van der Waals surface area contributed by atoms with E-state index in [2.05, 4.69) is 4.98 Å². The van der Waals surface area contributed by atoms with Gasteiger partial charge in [0.05, 0.1) is 11.6 Å². The van der Waals surface area contributed by atoms with Crippen molar-refractivity contribution >= 4 is 39.7 Å². The van der Waals surface area contributed by atoms with E-state index >= 15 is 0 Å². The Bertz CT molecular complexity index is 1330. The number of aromatic amines is 1. The Labute approximate surface area is 189 Å². The second kappa shape index (κ2) is 8.13. The smallest absolute Gasteiger partial charge is 0.295 e. The number of aliphatic hydroxyl groups is 1. The number of H-pyrrole nitrogens is 1. The van der Waals surface area contributed by atoms with Gasteiger partial charge in [0.15, 0.2) is 0 Å². The summed E-state index contributed by atoms with van der Waals surface area (Å²) < 4.78 is 0. The van der Waals surface area contributed by atoms with Crippen LogP contribution in [-0.2, 0) is 16.0 Å². The molecule has 1 saturated heterocycles. The molecule has 1 unspecified atom stereocenters. The van der Waals surface area contributed by atoms with Gasteiger partial charge < -0.3 is 15.0 Å². The van der Waals surface area contributed by atoms with Crippen molar-refractivity contribution in [2.45, 2.75) is 19.4 Å². The zero-order chi connectivity index (χ0) is 22.2. The number of nitrogens with zero attached hydrogens (tertiary/aromatic N) is 1. The van der Waals surface area contributed by atoms with Gasteiger partial charge in [0.2, 0.25) is 0 Å². The summed E-state index contributed by atoms with van der Waals surface area (Å²) in [5.41, 5.74) is 4.73. The first-order valence-electron chi connectivity index (χ1n) is 10.5. The maximum atomic E-state index is 13.1. The summed E-state index contributed by atoms with van der Waals surface area (Å²) in [6.07, 6.45) is 2.55. The standard InChI is InChI=1S/C26H22N2O3S/c1-16-6-8-17(9-7-16)23-22(24(29)19-11-13-32-15-19)25(30)26(31)28(23)12-10-18-14-27-21-5-3-2-4-20(18)21/h2-9,11,13-15,23,27,29H,10,12H2,1H3. The largest absolute Gasteiger partial charge is 0.507 e. The Hall–Kier alpha value is -3.64. The van der Waals surface area contributed by atoms with Crippen LogP contribution >= 0.6 is 11.3 Å². The van der Waals surface area contributed by atoms with Crippen LogP contribution in [0.25, 0.3) is 16.7 Å². The van der Waals surface area contributed by atoms with Crippen LogP contribution < -0.4 is 0 Å². The van der Waals surface area contributed by atoms with E-state index in [1.54, 1.807) is 16.3 Å². The Balaban J connectivity index is 1.55. The lowest BCUT2D eigenvalue weighted by Gasteiger charge is -2.25. The first-order chi connectivity index (χ1) is 15.5. The number of amides is 1. The molecule has 160 valence electrons. The average molecular weight is 443 g/mol. The molecule has 4 aromatic rings. The molecule has 5 nitrogen and oxygen atoms in total. The maximum absolute atomic E-state index is 13.1. The molecule has 0 aliphatic carbocycles. The summed E-state index contributed by atoms with van der Waals surface area (Å²) >= 11 is 1.43. The van der Waals surface area contributed by atoms with E-state index in [4.69, 9.17) is 0 Å². The molecule has 0 saturated carbocycles. The molecule has 6 heteroatoms. The van der Waals surface area contributed by atoms with Gasteiger partial charge >= 0.3 is 0 Å². The number of hydrogen-bond acceptors (Lipinski definition) is 4. The van der Waals surface area contributed by atoms with Crippen LogP contribution in [0.15, 0.2) is 77.1 Å². The third-order valence-electron chi connectivity index (χ3n) is 6.02. The number of aliphatic hydroxyl groups excluding tert-OH is 1. The molecule has 1 amide bonds. The van der Waals surface area contributed by atoms with E-state index in [-0.39, 0.29) is 11.3 Å². The zero-order valence-electron chi connectivity index (χ0n) is 17.5. The number of nitrogens with one attached hydrogen (secondary N) is 1. The summed E-state index contributed by atoms with van der Waals surface area (Å²) in [6.45, 7) is 2.36. The van der Waals surface area contributed by atoms with E-state index in [1.165, 1.54) is 11.3 Å². The third-order valence-corrected chi connectivity index (χ3v) is 6.71. The predicted molar refractivity (Wildman–Crippen MR) is 127 cm³/mol. The molecule has 5 rings (SSSR count). The molecule has 2 N–H and O–H groups in total. The van der Waals surface area contributed by atoms with Crippen LogP contribution in [-0.4, -0.2) is 33.2 Å². The van der Waals surface area contributed by atoms with Crippen LogP contribution in [0, 0.1) is 6.92 Å². The molecular formula is C26H22N2O3S. The van der Waals surface area contributed by atoms with Gasteiger partial charge in [-0.15, -0.1) is 0 Å². The SMILES string of the molecule is Cc1ccc(C2C(=C(O)c3ccsc3)C(=O)C(=O)N2CCc2c[nH]c3ccccc23)cc1. The molecule has 0 bridgehead atoms. The number of carbonyl (C=O) groups is 2. The monoisotopic (exact) mass is 442 g/mol. The average Bonchev–Trinajstić information content (AvgIpc) is 3.53. The van der Waals surface area contributed by atoms with Gasteiger partial charge in [-0.1, -0.05) is 48.0 Å². The van der Waals surface area contributed by atoms with Crippen molar-refractivity contribution in [1.82, 2.24) is 9.88 Å². The van der Waals surface area contributed by atoms with Gasteiger partial charge in [-0.05, 0) is 42.0 Å². The molecular weight excluding hydrogens is 420 g/mol. The Kier molecular flexibility index (Phi) is 5.15. The van der Waals surface area contributed by atoms with Crippen molar-refractivity contribution in [3.63, 3.8) is 0 Å². The number of aromatic nitrogens is 1. The fraction of sp³-hybridized carbons (Fsp3) is 0.154.